The first kappa shape index (κ1) is 11.1. The molecule has 0 spiro atoms. The highest BCUT2D eigenvalue weighted by Gasteiger charge is 2.25. The number of carbonyl (C=O) groups is 1. The number of nitriles is 1. The number of hydrogen-bond acceptors (Lipinski definition) is 3. The second kappa shape index (κ2) is 4.04. The van der Waals surface area contributed by atoms with E-state index in [-0.39, 0.29) is 0 Å². The predicted octanol–water partition coefficient (Wildman–Crippen LogP) is 1.73. The van der Waals surface area contributed by atoms with Crippen LogP contribution in [0.25, 0.3) is 0 Å². The molecule has 1 heterocycles. The molecule has 3 nitrogen and oxygen atoms in total. The molecule has 0 aliphatic heterocycles. The second-order valence-corrected chi connectivity index (χ2v) is 2.45. The van der Waals surface area contributed by atoms with E-state index in [0.29, 0.717) is 0 Å². The summed E-state index contributed by atoms with van der Waals surface area (Å²) in [6, 6.07) is 1.31. The van der Waals surface area contributed by atoms with E-state index in [1.165, 1.54) is 6.07 Å². The van der Waals surface area contributed by atoms with Crippen LogP contribution >= 0.6 is 0 Å². The topological polar surface area (TPSA) is 53.8 Å². The van der Waals surface area contributed by atoms with Gasteiger partial charge in [-0.3, -0.25) is 4.79 Å². The van der Waals surface area contributed by atoms with Crippen LogP contribution in [-0.4, -0.2) is 10.8 Å². The highest BCUT2D eigenvalue weighted by atomic mass is 19.2. The molecule has 78 valence electrons. The maximum Gasteiger partial charge on any atom is 0.252 e. The number of carbonyl (C=O) groups excluding carboxylic acids is 1. The zero-order chi connectivity index (χ0) is 11.6. The van der Waals surface area contributed by atoms with Gasteiger partial charge in [-0.15, -0.1) is 0 Å². The molecule has 0 N–H and O–H groups in total. The first-order chi connectivity index (χ1) is 6.99. The lowest BCUT2D eigenvalue weighted by Crippen LogP contribution is -2.11. The quantitative estimate of drug-likeness (QED) is 0.431. The van der Waals surface area contributed by atoms with Crippen molar-refractivity contribution in [3.05, 3.63) is 29.1 Å². The molecule has 7 heteroatoms. The predicted molar refractivity (Wildman–Crippen MR) is 38.6 cm³/mol. The molecular formula is C8H2F4N2O. The second-order valence-electron chi connectivity index (χ2n) is 2.45. The van der Waals surface area contributed by atoms with Gasteiger partial charge >= 0.3 is 0 Å². The molecule has 0 bridgehead atoms. The van der Waals surface area contributed by atoms with Gasteiger partial charge in [-0.25, -0.2) is 8.78 Å². The first-order valence-corrected chi connectivity index (χ1v) is 3.59. The molecule has 0 fully saturated rings. The third kappa shape index (κ3) is 1.93. The lowest BCUT2D eigenvalue weighted by atomic mass is 10.1. The average Bonchev–Trinajstić information content (AvgIpc) is 2.16. The van der Waals surface area contributed by atoms with Gasteiger partial charge in [0.15, 0.2) is 17.4 Å². The van der Waals surface area contributed by atoms with Crippen LogP contribution in [-0.2, 0) is 0 Å². The third-order valence-corrected chi connectivity index (χ3v) is 1.52. The Bertz CT molecular complexity index is 440. The van der Waals surface area contributed by atoms with E-state index in [4.69, 9.17) is 5.26 Å². The SMILES string of the molecule is N#CCC(=O)c1c(F)c(F)nc(F)c1F. The van der Waals surface area contributed by atoms with E-state index in [1.807, 2.05) is 0 Å². The molecule has 0 amide bonds. The lowest BCUT2D eigenvalue weighted by Gasteiger charge is -2.02. The monoisotopic (exact) mass is 218 g/mol. The van der Waals surface area contributed by atoms with Gasteiger partial charge in [-0.05, 0) is 0 Å². The minimum Gasteiger partial charge on any atom is -0.293 e. The molecule has 0 aromatic carbocycles. The zero-order valence-corrected chi connectivity index (χ0v) is 7.02. The number of rotatable bonds is 2. The number of ketones is 1. The molecule has 1 aromatic rings. The smallest absolute Gasteiger partial charge is 0.252 e. The highest BCUT2D eigenvalue weighted by molar-refractivity contribution is 5.97. The van der Waals surface area contributed by atoms with Crippen LogP contribution in [0.15, 0.2) is 0 Å². The summed E-state index contributed by atoms with van der Waals surface area (Å²) in [7, 11) is 0. The Kier molecular flexibility index (Phi) is 2.99. The van der Waals surface area contributed by atoms with Gasteiger partial charge in [0.2, 0.25) is 0 Å². The van der Waals surface area contributed by atoms with Gasteiger partial charge < -0.3 is 0 Å². The van der Waals surface area contributed by atoms with E-state index in [1.54, 1.807) is 0 Å². The molecule has 0 aliphatic rings. The molecule has 0 radical (unpaired) electrons. The Hall–Kier alpha value is -1.97. The first-order valence-electron chi connectivity index (χ1n) is 3.59. The Balaban J connectivity index is 3.40. The van der Waals surface area contributed by atoms with Crippen LogP contribution in [0.3, 0.4) is 0 Å². The Morgan fingerprint density at radius 1 is 1.20 bits per heavy atom. The summed E-state index contributed by atoms with van der Waals surface area (Å²) in [6.45, 7) is 0. The van der Waals surface area contributed by atoms with Crippen molar-refractivity contribution in [2.24, 2.45) is 0 Å². The molecule has 0 atom stereocenters. The van der Waals surface area contributed by atoms with Gasteiger partial charge in [-0.2, -0.15) is 19.0 Å². The van der Waals surface area contributed by atoms with E-state index < -0.39 is 41.3 Å². The fraction of sp³-hybridized carbons (Fsp3) is 0.125. The van der Waals surface area contributed by atoms with Gasteiger partial charge in [0.1, 0.15) is 0 Å². The van der Waals surface area contributed by atoms with Crippen molar-refractivity contribution in [1.82, 2.24) is 4.98 Å². The number of pyridine rings is 1. The van der Waals surface area contributed by atoms with Crippen LogP contribution in [0.5, 0.6) is 0 Å². The fourth-order valence-electron chi connectivity index (χ4n) is 0.892. The minimum absolute atomic E-state index is 0.878. The summed E-state index contributed by atoms with van der Waals surface area (Å²) < 4.78 is 50.7. The maximum absolute atomic E-state index is 12.8. The van der Waals surface area contributed by atoms with Crippen molar-refractivity contribution < 1.29 is 22.4 Å². The van der Waals surface area contributed by atoms with E-state index in [2.05, 4.69) is 4.98 Å². The summed E-state index contributed by atoms with van der Waals surface area (Å²) in [5.74, 6) is -8.97. The van der Waals surface area contributed by atoms with Crippen LogP contribution in [0.4, 0.5) is 17.6 Å². The van der Waals surface area contributed by atoms with Crippen LogP contribution < -0.4 is 0 Å². The van der Waals surface area contributed by atoms with E-state index in [9.17, 15) is 22.4 Å². The largest absolute Gasteiger partial charge is 0.293 e. The summed E-state index contributed by atoms with van der Waals surface area (Å²) >= 11 is 0. The summed E-state index contributed by atoms with van der Waals surface area (Å²) in [5, 5.41) is 8.10. The number of aromatic nitrogens is 1. The van der Waals surface area contributed by atoms with E-state index in [0.717, 1.165) is 0 Å². The summed E-state index contributed by atoms with van der Waals surface area (Å²) in [6.07, 6.45) is -0.878. The molecule has 0 aliphatic carbocycles. The molecule has 0 saturated carbocycles. The molecule has 1 rings (SSSR count). The molecular weight excluding hydrogens is 216 g/mol. The van der Waals surface area contributed by atoms with E-state index >= 15 is 0 Å². The maximum atomic E-state index is 12.8. The van der Waals surface area contributed by atoms with Gasteiger partial charge in [0.25, 0.3) is 11.9 Å². The number of Topliss-reactive ketones (excluding diaryl/α,β-unsaturated/α-hetero) is 1. The number of halogens is 4. The molecule has 1 aromatic heterocycles. The average molecular weight is 218 g/mol. The van der Waals surface area contributed by atoms with Gasteiger partial charge in [0.05, 0.1) is 18.1 Å². The van der Waals surface area contributed by atoms with Crippen LogP contribution in [0.2, 0.25) is 0 Å². The zero-order valence-electron chi connectivity index (χ0n) is 7.02. The number of nitrogens with zero attached hydrogens (tertiary/aromatic N) is 2. The Morgan fingerprint density at radius 3 is 2.07 bits per heavy atom. The van der Waals surface area contributed by atoms with Gasteiger partial charge in [-0.1, -0.05) is 0 Å². The van der Waals surface area contributed by atoms with Crippen LogP contribution in [0, 0.1) is 34.9 Å². The van der Waals surface area contributed by atoms with Crippen molar-refractivity contribution in [3.63, 3.8) is 0 Å². The van der Waals surface area contributed by atoms with Crippen molar-refractivity contribution in [2.45, 2.75) is 6.42 Å². The summed E-state index contributed by atoms with van der Waals surface area (Å²) in [5.41, 5.74) is -1.42. The van der Waals surface area contributed by atoms with Crippen LogP contribution in [0.1, 0.15) is 16.8 Å². The number of hydrogen-bond donors (Lipinski definition) is 0. The third-order valence-electron chi connectivity index (χ3n) is 1.52. The van der Waals surface area contributed by atoms with Crippen molar-refractivity contribution in [1.29, 1.82) is 5.26 Å². The standard InChI is InChI=1S/C8H2F4N2O/c9-5-4(3(15)1-2-13)6(10)8(12)14-7(5)11/h1H2. The normalized spacial score (nSPS) is 9.80. The van der Waals surface area contributed by atoms with Gasteiger partial charge in [0, 0.05) is 0 Å². The summed E-state index contributed by atoms with van der Waals surface area (Å²) in [4.78, 5) is 13.2. The van der Waals surface area contributed by atoms with Crippen molar-refractivity contribution in [2.75, 3.05) is 0 Å². The van der Waals surface area contributed by atoms with Crippen molar-refractivity contribution in [3.8, 4) is 6.07 Å². The van der Waals surface area contributed by atoms with Crippen molar-refractivity contribution >= 4 is 5.78 Å². The minimum atomic E-state index is -1.92. The molecule has 0 saturated heterocycles. The molecule has 15 heavy (non-hydrogen) atoms. The Labute approximate surface area is 81.0 Å². The highest BCUT2D eigenvalue weighted by Crippen LogP contribution is 2.18. The fourth-order valence-corrected chi connectivity index (χ4v) is 0.892. The lowest BCUT2D eigenvalue weighted by molar-refractivity contribution is 0.0986. The Morgan fingerprint density at radius 2 is 1.67 bits per heavy atom. The molecule has 0 unspecified atom stereocenters.